The molecule has 0 spiro atoms. The fourth-order valence-electron chi connectivity index (χ4n) is 4.66. The summed E-state index contributed by atoms with van der Waals surface area (Å²) in [6, 6.07) is 10.6. The fraction of sp³-hybridized carbons (Fsp3) is 0.393. The first kappa shape index (κ1) is 24.0. The number of carbonyl (C=O) groups is 1. The number of rotatable bonds is 9. The molecular weight excluding hydrogens is 446 g/mol. The Morgan fingerprint density at radius 2 is 2.15 bits per heavy atom. The lowest BCUT2D eigenvalue weighted by Gasteiger charge is -2.32. The van der Waals surface area contributed by atoms with E-state index in [1.165, 1.54) is 21.0 Å². The van der Waals surface area contributed by atoms with Crippen LogP contribution in [0.5, 0.6) is 5.75 Å². The molecule has 0 saturated heterocycles. The van der Waals surface area contributed by atoms with E-state index in [9.17, 15) is 4.79 Å². The van der Waals surface area contributed by atoms with Crippen molar-refractivity contribution < 1.29 is 19.4 Å². The van der Waals surface area contributed by atoms with Gasteiger partial charge in [0.1, 0.15) is 18.1 Å². The van der Waals surface area contributed by atoms with Crippen molar-refractivity contribution >= 4 is 23.0 Å². The predicted octanol–water partition coefficient (Wildman–Crippen LogP) is 5.80. The van der Waals surface area contributed by atoms with Crippen molar-refractivity contribution in [1.29, 1.82) is 0 Å². The molecule has 34 heavy (non-hydrogen) atoms. The van der Waals surface area contributed by atoms with Crippen LogP contribution in [0, 0.1) is 23.7 Å². The quantitative estimate of drug-likeness (QED) is 0.463. The maximum absolute atomic E-state index is 11.1. The molecule has 1 aliphatic heterocycles. The number of nitrogens with zero attached hydrogens (tertiary/aromatic N) is 1. The van der Waals surface area contributed by atoms with Gasteiger partial charge in [-0.05, 0) is 68.0 Å². The molecule has 178 valence electrons. The van der Waals surface area contributed by atoms with Crippen molar-refractivity contribution in [2.75, 3.05) is 18.6 Å². The van der Waals surface area contributed by atoms with Crippen LogP contribution in [-0.2, 0) is 29.1 Å². The molecule has 1 unspecified atom stereocenters. The van der Waals surface area contributed by atoms with Crippen LogP contribution in [0.15, 0.2) is 54.3 Å². The number of carboxylic acids is 1. The van der Waals surface area contributed by atoms with E-state index in [1.807, 2.05) is 24.3 Å². The van der Waals surface area contributed by atoms with Gasteiger partial charge in [0.25, 0.3) is 0 Å². The number of aryl methyl sites for hydroxylation is 1. The number of aliphatic carboxylic acids is 1. The monoisotopic (exact) mass is 477 g/mol. The molecule has 0 bridgehead atoms. The van der Waals surface area contributed by atoms with Crippen LogP contribution in [0.4, 0.5) is 5.69 Å². The Kier molecular flexibility index (Phi) is 7.97. The van der Waals surface area contributed by atoms with E-state index in [-0.39, 0.29) is 18.3 Å². The van der Waals surface area contributed by atoms with Gasteiger partial charge in [0.2, 0.25) is 0 Å². The van der Waals surface area contributed by atoms with E-state index in [2.05, 4.69) is 41.0 Å². The molecule has 2 heterocycles. The summed E-state index contributed by atoms with van der Waals surface area (Å²) >= 11 is 1.78. The van der Waals surface area contributed by atoms with E-state index < -0.39 is 5.97 Å². The number of hydrogen-bond donors (Lipinski definition) is 1. The molecule has 2 aliphatic rings. The summed E-state index contributed by atoms with van der Waals surface area (Å²) in [4.78, 5) is 16.0. The van der Waals surface area contributed by atoms with Crippen LogP contribution < -0.4 is 9.64 Å². The maximum Gasteiger partial charge on any atom is 0.304 e. The lowest BCUT2D eigenvalue weighted by molar-refractivity contribution is -0.137. The summed E-state index contributed by atoms with van der Waals surface area (Å²) in [5.74, 6) is 6.81. The number of thiophene rings is 1. The van der Waals surface area contributed by atoms with Crippen molar-refractivity contribution in [1.82, 2.24) is 0 Å². The van der Waals surface area contributed by atoms with Crippen molar-refractivity contribution in [2.45, 2.75) is 45.8 Å². The third kappa shape index (κ3) is 5.84. The average Bonchev–Trinajstić information content (AvgIpc) is 3.29. The van der Waals surface area contributed by atoms with Gasteiger partial charge in [0, 0.05) is 22.2 Å². The summed E-state index contributed by atoms with van der Waals surface area (Å²) in [7, 11) is 1.74. The normalized spacial score (nSPS) is 17.8. The number of hydrogen-bond acceptors (Lipinski definition) is 5. The Hall–Kier alpha value is -3.17. The van der Waals surface area contributed by atoms with E-state index in [1.54, 1.807) is 25.4 Å². The van der Waals surface area contributed by atoms with Crippen LogP contribution in [0.3, 0.4) is 0 Å². The predicted molar refractivity (Wildman–Crippen MR) is 136 cm³/mol. The van der Waals surface area contributed by atoms with Crippen LogP contribution in [0.1, 0.15) is 41.5 Å². The Labute approximate surface area is 205 Å². The first-order valence-corrected chi connectivity index (χ1v) is 12.5. The van der Waals surface area contributed by atoms with Gasteiger partial charge in [-0.1, -0.05) is 24.1 Å². The van der Waals surface area contributed by atoms with Crippen molar-refractivity contribution in [2.24, 2.45) is 11.8 Å². The van der Waals surface area contributed by atoms with E-state index in [4.69, 9.17) is 14.6 Å². The Morgan fingerprint density at radius 1 is 1.29 bits per heavy atom. The molecule has 1 aromatic heterocycles. The molecule has 0 fully saturated rings. The van der Waals surface area contributed by atoms with Crippen molar-refractivity contribution in [3.8, 4) is 17.6 Å². The molecule has 4 rings (SSSR count). The van der Waals surface area contributed by atoms with Crippen molar-refractivity contribution in [3.63, 3.8) is 0 Å². The van der Waals surface area contributed by atoms with Gasteiger partial charge in [0.15, 0.2) is 0 Å². The van der Waals surface area contributed by atoms with Gasteiger partial charge in [-0.15, -0.1) is 17.3 Å². The van der Waals surface area contributed by atoms with E-state index in [0.717, 1.165) is 43.9 Å². The molecule has 6 heteroatoms. The molecule has 0 amide bonds. The molecule has 0 saturated carbocycles. The zero-order valence-electron chi connectivity index (χ0n) is 19.8. The van der Waals surface area contributed by atoms with Gasteiger partial charge in [-0.2, -0.15) is 0 Å². The van der Waals surface area contributed by atoms with Crippen LogP contribution in [0.2, 0.25) is 0 Å². The van der Waals surface area contributed by atoms with Crippen LogP contribution >= 0.6 is 11.3 Å². The minimum atomic E-state index is -0.813. The topological polar surface area (TPSA) is 59.0 Å². The average molecular weight is 478 g/mol. The first-order valence-electron chi connectivity index (χ1n) is 11.7. The van der Waals surface area contributed by atoms with Gasteiger partial charge >= 0.3 is 5.97 Å². The Balaban J connectivity index is 1.33. The molecule has 0 radical (unpaired) electrons. The molecule has 1 aliphatic carbocycles. The SMILES string of the molecule is CC#C[C@@H](CC(=O)O)C1C=CC(OCc2ccc(CN3CCCc4cccc(OC)c43)s2)=CC1. The Morgan fingerprint density at radius 3 is 2.88 bits per heavy atom. The van der Waals surface area contributed by atoms with Gasteiger partial charge in [0.05, 0.1) is 25.8 Å². The zero-order chi connectivity index (χ0) is 23.9. The largest absolute Gasteiger partial charge is 0.495 e. The number of methoxy groups -OCH3 is 1. The summed E-state index contributed by atoms with van der Waals surface area (Å²) in [6.45, 7) is 4.17. The number of para-hydroxylation sites is 1. The number of allylic oxidation sites excluding steroid dienone is 3. The number of benzene rings is 1. The maximum atomic E-state index is 11.1. The molecule has 2 atom stereocenters. The minimum absolute atomic E-state index is 0.0607. The number of fused-ring (bicyclic) bond motifs is 1. The highest BCUT2D eigenvalue weighted by molar-refractivity contribution is 7.11. The third-order valence-corrected chi connectivity index (χ3v) is 7.32. The van der Waals surface area contributed by atoms with E-state index in [0.29, 0.717) is 6.61 Å². The molecule has 5 nitrogen and oxygen atoms in total. The number of ether oxygens (including phenoxy) is 2. The number of anilines is 1. The van der Waals surface area contributed by atoms with Gasteiger partial charge in [-0.25, -0.2) is 0 Å². The zero-order valence-corrected chi connectivity index (χ0v) is 20.6. The molecule has 1 aromatic carbocycles. The summed E-state index contributed by atoms with van der Waals surface area (Å²) in [5, 5.41) is 9.14. The summed E-state index contributed by atoms with van der Waals surface area (Å²) in [5.41, 5.74) is 2.58. The standard InChI is InChI=1S/C28H31NO4S/c1-3-6-22(17-27(30)31)20-10-12-23(13-11-20)33-19-25-15-14-24(34-25)18-29-16-5-8-21-7-4-9-26(32-2)28(21)29/h4,7,9-10,12-15,20,22H,5,8,11,16-19H2,1-2H3,(H,30,31)/t20?,22-/m0/s1. The van der Waals surface area contributed by atoms with Crippen molar-refractivity contribution in [3.05, 3.63) is 69.6 Å². The van der Waals surface area contributed by atoms with Crippen LogP contribution in [0.25, 0.3) is 0 Å². The van der Waals surface area contributed by atoms with Gasteiger partial charge in [-0.3, -0.25) is 4.79 Å². The smallest absolute Gasteiger partial charge is 0.304 e. The lowest BCUT2D eigenvalue weighted by Crippen LogP contribution is -2.28. The number of carboxylic acid groups (broad SMARTS) is 1. The highest BCUT2D eigenvalue weighted by Crippen LogP contribution is 2.37. The summed E-state index contributed by atoms with van der Waals surface area (Å²) in [6.07, 6.45) is 9.08. The second-order valence-corrected chi connectivity index (χ2v) is 9.87. The molecular formula is C28H31NO4S. The second kappa shape index (κ2) is 11.3. The first-order chi connectivity index (χ1) is 16.6. The fourth-order valence-corrected chi connectivity index (χ4v) is 5.60. The second-order valence-electron chi connectivity index (χ2n) is 8.61. The van der Waals surface area contributed by atoms with E-state index >= 15 is 0 Å². The summed E-state index contributed by atoms with van der Waals surface area (Å²) < 4.78 is 11.7. The molecule has 2 aromatic rings. The highest BCUT2D eigenvalue weighted by atomic mass is 32.1. The van der Waals surface area contributed by atoms with Gasteiger partial charge < -0.3 is 19.5 Å². The highest BCUT2D eigenvalue weighted by Gasteiger charge is 2.23. The third-order valence-electron chi connectivity index (χ3n) is 6.28. The molecule has 1 N–H and O–H groups in total. The Bertz CT molecular complexity index is 1120. The lowest BCUT2D eigenvalue weighted by atomic mass is 9.85. The van der Waals surface area contributed by atoms with Crippen LogP contribution in [-0.4, -0.2) is 24.7 Å². The minimum Gasteiger partial charge on any atom is -0.495 e.